The monoisotopic (exact) mass is 479 g/mol. The third-order valence-corrected chi connectivity index (χ3v) is 6.75. The number of aromatic nitrogens is 3. The van der Waals surface area contributed by atoms with Crippen molar-refractivity contribution in [2.24, 2.45) is 0 Å². The number of hydrogen-bond donors (Lipinski definition) is 1. The molecule has 3 aromatic heterocycles. The van der Waals surface area contributed by atoms with Gasteiger partial charge in [0, 0.05) is 36.8 Å². The summed E-state index contributed by atoms with van der Waals surface area (Å²) in [4.78, 5) is 19.1. The van der Waals surface area contributed by atoms with Crippen molar-refractivity contribution >= 4 is 38.5 Å². The van der Waals surface area contributed by atoms with Crippen molar-refractivity contribution in [2.75, 3.05) is 58.3 Å². The molecule has 0 aliphatic carbocycles. The lowest BCUT2D eigenvalue weighted by Crippen LogP contribution is -2.36. The second-order valence-corrected chi connectivity index (χ2v) is 9.33. The van der Waals surface area contributed by atoms with Crippen molar-refractivity contribution in [3.8, 4) is 23.0 Å². The highest BCUT2D eigenvalue weighted by Gasteiger charge is 2.22. The number of thiophene rings is 1. The van der Waals surface area contributed by atoms with E-state index in [0.717, 1.165) is 34.0 Å². The van der Waals surface area contributed by atoms with Crippen molar-refractivity contribution in [3.05, 3.63) is 23.2 Å². The Kier molecular flexibility index (Phi) is 7.16. The van der Waals surface area contributed by atoms with Crippen molar-refractivity contribution in [3.63, 3.8) is 0 Å². The highest BCUT2D eigenvalue weighted by molar-refractivity contribution is 7.79. The van der Waals surface area contributed by atoms with Crippen molar-refractivity contribution in [1.29, 1.82) is 0 Å². The highest BCUT2D eigenvalue weighted by Crippen LogP contribution is 2.37. The van der Waals surface area contributed by atoms with Crippen LogP contribution in [0.3, 0.4) is 0 Å². The molecule has 1 fully saturated rings. The van der Waals surface area contributed by atoms with E-state index >= 15 is 0 Å². The van der Waals surface area contributed by atoms with Gasteiger partial charge in [-0.2, -0.15) is 0 Å². The lowest BCUT2D eigenvalue weighted by Gasteiger charge is -2.28. The minimum Gasteiger partial charge on any atom is -0.496 e. The van der Waals surface area contributed by atoms with E-state index < -0.39 is 11.1 Å². The predicted octanol–water partition coefficient (Wildman–Crippen LogP) is 2.22. The van der Waals surface area contributed by atoms with Gasteiger partial charge in [0.1, 0.15) is 11.6 Å². The Hall–Kier alpha value is -2.38. The number of fused-ring (bicyclic) bond motifs is 1. The molecule has 0 aromatic carbocycles. The Morgan fingerprint density at radius 3 is 2.72 bits per heavy atom. The van der Waals surface area contributed by atoms with Crippen LogP contribution in [0.25, 0.3) is 21.6 Å². The average Bonchev–Trinajstić information content (AvgIpc) is 3.19. The zero-order chi connectivity index (χ0) is 22.7. The molecular weight excluding hydrogens is 454 g/mol. The van der Waals surface area contributed by atoms with E-state index in [0.29, 0.717) is 42.8 Å². The summed E-state index contributed by atoms with van der Waals surface area (Å²) in [5.41, 5.74) is 1.48. The van der Waals surface area contributed by atoms with Crippen molar-refractivity contribution in [1.82, 2.24) is 19.9 Å². The summed E-state index contributed by atoms with van der Waals surface area (Å²) >= 11 is -0.285. The maximum absolute atomic E-state index is 11.1. The molecule has 32 heavy (non-hydrogen) atoms. The Balaban J connectivity index is 1.80. The van der Waals surface area contributed by atoms with Gasteiger partial charge in [-0.15, -0.1) is 11.3 Å². The fourth-order valence-corrected chi connectivity index (χ4v) is 5.18. The highest BCUT2D eigenvalue weighted by atomic mass is 32.2. The van der Waals surface area contributed by atoms with Gasteiger partial charge in [0.15, 0.2) is 22.7 Å². The molecule has 1 aliphatic rings. The molecule has 1 aliphatic heterocycles. The smallest absolute Gasteiger partial charge is 0.216 e. The molecule has 12 heteroatoms. The molecule has 172 valence electrons. The van der Waals surface area contributed by atoms with Gasteiger partial charge in [-0.25, -0.2) is 19.2 Å². The maximum Gasteiger partial charge on any atom is 0.216 e. The summed E-state index contributed by atoms with van der Waals surface area (Å²) in [6.45, 7) is 3.29. The first-order chi connectivity index (χ1) is 15.5. The fourth-order valence-electron chi connectivity index (χ4n) is 3.52. The first-order valence-electron chi connectivity index (χ1n) is 9.96. The normalized spacial score (nSPS) is 15.3. The topological polar surface area (TPSA) is 110 Å². The van der Waals surface area contributed by atoms with Crippen LogP contribution in [-0.2, 0) is 22.4 Å². The van der Waals surface area contributed by atoms with Crippen molar-refractivity contribution in [2.45, 2.75) is 6.54 Å². The van der Waals surface area contributed by atoms with E-state index in [1.165, 1.54) is 0 Å². The maximum atomic E-state index is 11.1. The summed E-state index contributed by atoms with van der Waals surface area (Å²) < 4.78 is 37.6. The molecule has 3 aromatic rings. The lowest BCUT2D eigenvalue weighted by atomic mass is 10.2. The summed E-state index contributed by atoms with van der Waals surface area (Å²) in [6, 6.07) is 3.72. The first-order valence-corrected chi connectivity index (χ1v) is 12.0. The molecule has 4 rings (SSSR count). The fraction of sp³-hybridized carbons (Fsp3) is 0.450. The largest absolute Gasteiger partial charge is 0.496 e. The average molecular weight is 480 g/mol. The molecule has 0 saturated carbocycles. The third-order valence-electron chi connectivity index (χ3n) is 4.98. The SMILES string of the molecule is COc1cc(OC)c(-c2nc(N3CCOCC3)c3sc(CN(C)CS(=O)O)cc3n2)cn1. The van der Waals surface area contributed by atoms with Gasteiger partial charge >= 0.3 is 0 Å². The van der Waals surface area contributed by atoms with Crippen LogP contribution in [0, 0.1) is 0 Å². The predicted molar refractivity (Wildman–Crippen MR) is 124 cm³/mol. The number of methoxy groups -OCH3 is 2. The number of rotatable bonds is 8. The quantitative estimate of drug-likeness (QED) is 0.483. The van der Waals surface area contributed by atoms with Gasteiger partial charge in [0.05, 0.1) is 43.2 Å². The Bertz CT molecular complexity index is 1120. The third kappa shape index (κ3) is 4.99. The van der Waals surface area contributed by atoms with E-state index in [4.69, 9.17) is 24.2 Å². The van der Waals surface area contributed by atoms with Crippen LogP contribution in [0.2, 0.25) is 0 Å². The molecule has 0 spiro atoms. The minimum atomic E-state index is -1.88. The van der Waals surface area contributed by atoms with Gasteiger partial charge in [-0.3, -0.25) is 4.90 Å². The number of pyridine rings is 1. The molecule has 4 heterocycles. The van der Waals surface area contributed by atoms with Gasteiger partial charge in [-0.1, -0.05) is 0 Å². The van der Waals surface area contributed by atoms with Gasteiger partial charge in [0.2, 0.25) is 5.88 Å². The standard InChI is InChI=1S/C20H25N5O5S2/c1-24(12-32(26)27)11-13-8-15-18(31-13)20(25-4-6-30-7-5-25)23-19(22-15)14-10-21-17(29-3)9-16(14)28-2/h8-10H,4-7,11-12H2,1-3H3,(H,26,27). The number of ether oxygens (including phenoxy) is 3. The molecule has 1 N–H and O–H groups in total. The van der Waals surface area contributed by atoms with Crippen molar-refractivity contribution < 1.29 is 23.0 Å². The molecule has 1 atom stereocenters. The van der Waals surface area contributed by atoms with Crippen LogP contribution in [-0.4, -0.2) is 82.1 Å². The Morgan fingerprint density at radius 1 is 1.25 bits per heavy atom. The van der Waals surface area contributed by atoms with Gasteiger partial charge in [-0.05, 0) is 13.1 Å². The second-order valence-electron chi connectivity index (χ2n) is 7.29. The second kappa shape index (κ2) is 10.0. The van der Waals surface area contributed by atoms with E-state index in [1.807, 2.05) is 13.1 Å². The first kappa shape index (κ1) is 22.8. The molecule has 0 amide bonds. The van der Waals surface area contributed by atoms with E-state index in [2.05, 4.69) is 9.88 Å². The van der Waals surface area contributed by atoms with Crippen LogP contribution < -0.4 is 14.4 Å². The van der Waals surface area contributed by atoms with Crippen LogP contribution in [0.15, 0.2) is 18.3 Å². The van der Waals surface area contributed by atoms with Crippen LogP contribution >= 0.6 is 11.3 Å². The zero-order valence-corrected chi connectivity index (χ0v) is 19.7. The van der Waals surface area contributed by atoms with Crippen LogP contribution in [0.4, 0.5) is 5.82 Å². The summed E-state index contributed by atoms with van der Waals surface area (Å²) in [5.74, 6) is 2.46. The van der Waals surface area contributed by atoms with E-state index in [-0.39, 0.29) is 5.88 Å². The lowest BCUT2D eigenvalue weighted by molar-refractivity contribution is 0.122. The van der Waals surface area contributed by atoms with E-state index in [1.54, 1.807) is 42.7 Å². The molecule has 1 saturated heterocycles. The number of hydrogen-bond acceptors (Lipinski definition) is 10. The zero-order valence-electron chi connectivity index (χ0n) is 18.1. The summed E-state index contributed by atoms with van der Waals surface area (Å²) in [5, 5.41) is 0. The number of morpholine rings is 1. The minimum absolute atomic E-state index is 0.0796. The Labute approximate surface area is 192 Å². The molecular formula is C20H25N5O5S2. The molecule has 10 nitrogen and oxygen atoms in total. The van der Waals surface area contributed by atoms with E-state index in [9.17, 15) is 8.76 Å². The summed E-state index contributed by atoms with van der Waals surface area (Å²) in [7, 11) is 4.95. The van der Waals surface area contributed by atoms with Gasteiger partial charge < -0.3 is 23.7 Å². The van der Waals surface area contributed by atoms with Crippen LogP contribution in [0.1, 0.15) is 4.88 Å². The molecule has 0 bridgehead atoms. The molecule has 0 radical (unpaired) electrons. The number of anilines is 1. The molecule has 1 unspecified atom stereocenters. The Morgan fingerprint density at radius 2 is 2.03 bits per heavy atom. The van der Waals surface area contributed by atoms with Crippen LogP contribution in [0.5, 0.6) is 11.6 Å². The summed E-state index contributed by atoms with van der Waals surface area (Å²) in [6.07, 6.45) is 1.65. The van der Waals surface area contributed by atoms with Gasteiger partial charge in [0.25, 0.3) is 0 Å². The number of nitrogens with zero attached hydrogens (tertiary/aromatic N) is 5.